The Bertz CT molecular complexity index is 1010. The van der Waals surface area contributed by atoms with E-state index in [1.807, 2.05) is 38.1 Å². The van der Waals surface area contributed by atoms with Crippen molar-refractivity contribution in [1.82, 2.24) is 8.54 Å². The Morgan fingerprint density at radius 2 is 1.73 bits per heavy atom. The van der Waals surface area contributed by atoms with Crippen molar-refractivity contribution in [3.63, 3.8) is 0 Å². The standard InChI is InChI=1S/C17H14Cl3N3O2S/c1-3-10-6-5-7-11(4-2)13(10)22-9-12(8-21)16(24)23(17(22)25)26-15(20)14(18)19/h5-7,9H,3-4H2,1-2H3. The fourth-order valence-corrected chi connectivity index (χ4v) is 3.48. The van der Waals surface area contributed by atoms with Gasteiger partial charge < -0.3 is 0 Å². The molecule has 136 valence electrons. The number of aryl methyl sites for hydroxylation is 2. The molecule has 0 spiro atoms. The van der Waals surface area contributed by atoms with Gasteiger partial charge in [-0.05, 0) is 24.0 Å². The number of hydrogen-bond donors (Lipinski definition) is 0. The van der Waals surface area contributed by atoms with Gasteiger partial charge in [0.05, 0.1) is 5.69 Å². The second-order valence-corrected chi connectivity index (χ2v) is 7.67. The van der Waals surface area contributed by atoms with Gasteiger partial charge in [0.25, 0.3) is 5.56 Å². The van der Waals surface area contributed by atoms with Gasteiger partial charge in [-0.15, -0.1) is 0 Å². The maximum Gasteiger partial charge on any atom is 0.346 e. The van der Waals surface area contributed by atoms with Crippen molar-refractivity contribution in [3.05, 3.63) is 70.8 Å². The summed E-state index contributed by atoms with van der Waals surface area (Å²) in [4.78, 5) is 25.4. The highest BCUT2D eigenvalue weighted by atomic mass is 35.5. The van der Waals surface area contributed by atoms with E-state index in [9.17, 15) is 14.9 Å². The summed E-state index contributed by atoms with van der Waals surface area (Å²) in [6.45, 7) is 3.93. The summed E-state index contributed by atoms with van der Waals surface area (Å²) < 4.78 is 1.66. The molecule has 0 bridgehead atoms. The zero-order valence-corrected chi connectivity index (χ0v) is 17.0. The van der Waals surface area contributed by atoms with Crippen LogP contribution >= 0.6 is 46.8 Å². The number of benzene rings is 1. The molecule has 0 saturated heterocycles. The summed E-state index contributed by atoms with van der Waals surface area (Å²) in [5, 5.41) is 9.32. The third kappa shape index (κ3) is 4.02. The summed E-state index contributed by atoms with van der Waals surface area (Å²) in [6, 6.07) is 7.53. The first-order valence-corrected chi connectivity index (χ1v) is 9.55. The summed E-state index contributed by atoms with van der Waals surface area (Å²) in [6.07, 6.45) is 2.62. The normalized spacial score (nSPS) is 10.5. The lowest BCUT2D eigenvalue weighted by atomic mass is 10.0. The van der Waals surface area contributed by atoms with Crippen LogP contribution in [0.1, 0.15) is 30.5 Å². The van der Waals surface area contributed by atoms with Gasteiger partial charge in [-0.25, -0.2) is 4.79 Å². The van der Waals surface area contributed by atoms with E-state index < -0.39 is 11.2 Å². The maximum atomic E-state index is 13.0. The molecule has 1 aromatic heterocycles. The predicted octanol–water partition coefficient (Wildman–Crippen LogP) is 4.33. The molecule has 0 unspecified atom stereocenters. The van der Waals surface area contributed by atoms with E-state index in [0.29, 0.717) is 30.5 Å². The van der Waals surface area contributed by atoms with Gasteiger partial charge in [0.15, 0.2) is 0 Å². The quantitative estimate of drug-likeness (QED) is 0.708. The second-order valence-electron chi connectivity index (χ2n) is 5.16. The number of rotatable bonds is 5. The van der Waals surface area contributed by atoms with Crippen LogP contribution < -0.4 is 11.2 Å². The summed E-state index contributed by atoms with van der Waals surface area (Å²) in [5.41, 5.74) is 0.872. The maximum absolute atomic E-state index is 13.0. The van der Waals surface area contributed by atoms with Gasteiger partial charge in [-0.3, -0.25) is 9.36 Å². The lowest BCUT2D eigenvalue weighted by Crippen LogP contribution is -2.37. The molecule has 0 aliphatic heterocycles. The summed E-state index contributed by atoms with van der Waals surface area (Å²) in [7, 11) is 0. The Kier molecular flexibility index (Phi) is 7.01. The second kappa shape index (κ2) is 8.83. The van der Waals surface area contributed by atoms with Gasteiger partial charge in [0.1, 0.15) is 20.5 Å². The van der Waals surface area contributed by atoms with E-state index in [4.69, 9.17) is 34.8 Å². The first-order valence-electron chi connectivity index (χ1n) is 7.64. The van der Waals surface area contributed by atoms with Gasteiger partial charge in [0.2, 0.25) is 0 Å². The highest BCUT2D eigenvalue weighted by Crippen LogP contribution is 2.28. The third-order valence-electron chi connectivity index (χ3n) is 3.70. The molecule has 0 aliphatic carbocycles. The van der Waals surface area contributed by atoms with Gasteiger partial charge in [-0.1, -0.05) is 66.8 Å². The molecular formula is C17H14Cl3N3O2S. The minimum atomic E-state index is -0.779. The van der Waals surface area contributed by atoms with E-state index in [0.717, 1.165) is 15.1 Å². The highest BCUT2D eigenvalue weighted by molar-refractivity contribution is 8.03. The Labute approximate surface area is 169 Å². The van der Waals surface area contributed by atoms with Crippen LogP contribution in [0.4, 0.5) is 0 Å². The first kappa shape index (κ1) is 20.7. The largest absolute Gasteiger partial charge is 0.346 e. The minimum Gasteiger partial charge on any atom is -0.267 e. The molecule has 2 rings (SSSR count). The van der Waals surface area contributed by atoms with Gasteiger partial charge in [0, 0.05) is 18.1 Å². The Morgan fingerprint density at radius 3 is 2.19 bits per heavy atom. The molecule has 0 N–H and O–H groups in total. The smallest absolute Gasteiger partial charge is 0.267 e. The zero-order chi connectivity index (χ0) is 19.4. The molecule has 26 heavy (non-hydrogen) atoms. The van der Waals surface area contributed by atoms with Crippen molar-refractivity contribution in [3.8, 4) is 11.8 Å². The van der Waals surface area contributed by atoms with Crippen LogP contribution in [0.2, 0.25) is 0 Å². The van der Waals surface area contributed by atoms with Gasteiger partial charge >= 0.3 is 5.69 Å². The van der Waals surface area contributed by atoms with Crippen molar-refractivity contribution in [2.24, 2.45) is 0 Å². The van der Waals surface area contributed by atoms with Crippen molar-refractivity contribution in [2.45, 2.75) is 26.7 Å². The number of nitriles is 1. The van der Waals surface area contributed by atoms with Gasteiger partial charge in [-0.2, -0.15) is 9.23 Å². The van der Waals surface area contributed by atoms with Crippen LogP contribution in [0.3, 0.4) is 0 Å². The van der Waals surface area contributed by atoms with Crippen LogP contribution in [-0.2, 0) is 12.8 Å². The molecule has 0 radical (unpaired) electrons. The summed E-state index contributed by atoms with van der Waals surface area (Å²) >= 11 is 17.7. The first-order chi connectivity index (χ1) is 12.3. The zero-order valence-electron chi connectivity index (χ0n) is 13.9. The lowest BCUT2D eigenvalue weighted by Gasteiger charge is -2.16. The average molecular weight is 431 g/mol. The molecule has 1 heterocycles. The van der Waals surface area contributed by atoms with Crippen molar-refractivity contribution in [1.29, 1.82) is 5.26 Å². The molecule has 0 aliphatic rings. The van der Waals surface area contributed by atoms with E-state index in [2.05, 4.69) is 0 Å². The third-order valence-corrected chi connectivity index (χ3v) is 5.76. The number of halogens is 3. The van der Waals surface area contributed by atoms with Crippen LogP contribution in [-0.4, -0.2) is 8.54 Å². The SMILES string of the molecule is CCc1cccc(CC)c1-n1cc(C#N)c(=O)n(SC(Cl)=C(Cl)Cl)c1=O. The Hall–Kier alpha value is -1.65. The topological polar surface area (TPSA) is 67.8 Å². The average Bonchev–Trinajstić information content (AvgIpc) is 2.64. The lowest BCUT2D eigenvalue weighted by molar-refractivity contribution is 0.836. The highest BCUT2D eigenvalue weighted by Gasteiger charge is 2.18. The number of para-hydroxylation sites is 1. The molecule has 0 amide bonds. The molecule has 1 aromatic carbocycles. The number of nitrogens with zero attached hydrogens (tertiary/aromatic N) is 3. The molecule has 0 saturated carbocycles. The number of aromatic nitrogens is 2. The van der Waals surface area contributed by atoms with Crippen LogP contribution in [0, 0.1) is 11.3 Å². The van der Waals surface area contributed by atoms with E-state index >= 15 is 0 Å². The number of hydrogen-bond acceptors (Lipinski definition) is 4. The van der Waals surface area contributed by atoms with E-state index in [1.165, 1.54) is 10.8 Å². The van der Waals surface area contributed by atoms with Crippen LogP contribution in [0.5, 0.6) is 0 Å². The molecular weight excluding hydrogens is 417 g/mol. The predicted molar refractivity (Wildman–Crippen MR) is 107 cm³/mol. The molecule has 0 atom stereocenters. The van der Waals surface area contributed by atoms with Crippen molar-refractivity contribution >= 4 is 46.8 Å². The fraction of sp³-hybridized carbons (Fsp3) is 0.235. The summed E-state index contributed by atoms with van der Waals surface area (Å²) in [5.74, 6) is 0. The molecule has 0 fully saturated rings. The Balaban J connectivity index is 2.90. The van der Waals surface area contributed by atoms with E-state index in [-0.39, 0.29) is 14.4 Å². The van der Waals surface area contributed by atoms with Crippen LogP contribution in [0.25, 0.3) is 5.69 Å². The monoisotopic (exact) mass is 429 g/mol. The molecule has 5 nitrogen and oxygen atoms in total. The Morgan fingerprint density at radius 1 is 1.15 bits per heavy atom. The van der Waals surface area contributed by atoms with Crippen LogP contribution in [0.15, 0.2) is 42.8 Å². The van der Waals surface area contributed by atoms with Crippen molar-refractivity contribution in [2.75, 3.05) is 0 Å². The fourth-order valence-electron chi connectivity index (χ4n) is 2.49. The minimum absolute atomic E-state index is 0.145. The van der Waals surface area contributed by atoms with Crippen molar-refractivity contribution < 1.29 is 0 Å². The molecule has 2 aromatic rings. The van der Waals surface area contributed by atoms with E-state index in [1.54, 1.807) is 0 Å². The molecule has 9 heteroatoms.